The minimum Gasteiger partial charge on any atom is -0.748 e. The Bertz CT molecular complexity index is 880. The van der Waals surface area contributed by atoms with Gasteiger partial charge in [-0.15, -0.1) is 0 Å². The maximum Gasteiger partial charge on any atom is 0.243 e. The van der Waals surface area contributed by atoms with E-state index in [1.807, 2.05) is 0 Å². The summed E-state index contributed by atoms with van der Waals surface area (Å²) in [6.45, 7) is 13.0. The molecule has 0 saturated heterocycles. The van der Waals surface area contributed by atoms with Crippen LogP contribution in [0.1, 0.15) is 31.4 Å². The molecule has 1 amide bonds. The molecule has 7 heteroatoms. The summed E-state index contributed by atoms with van der Waals surface area (Å²) < 4.78 is 31.8. The van der Waals surface area contributed by atoms with Gasteiger partial charge in [-0.05, 0) is 25.5 Å². The largest absolute Gasteiger partial charge is 0.748 e. The normalized spacial score (nSPS) is 11.2. The topological polar surface area (TPSA) is 86.3 Å². The average molecular weight is 447 g/mol. The molecule has 0 bridgehead atoms. The van der Waals surface area contributed by atoms with E-state index in [0.717, 1.165) is 43.6 Å². The fraction of sp³-hybridized carbons (Fsp3) is 0.375. The number of hydrogen-bond acceptors (Lipinski definition) is 4. The van der Waals surface area contributed by atoms with Crippen molar-refractivity contribution in [2.75, 3.05) is 26.2 Å². The number of quaternary nitrogens is 1. The molecule has 0 heterocycles. The monoisotopic (exact) mass is 446 g/mol. The second-order valence-corrected chi connectivity index (χ2v) is 8.78. The SMILES string of the molecule is C=CC(=O)NCCC[N+](CC)(CC)Cc1ccccc1.O=S(=O)([O-])Cc1ccccc1. The average Bonchev–Trinajstić information content (AvgIpc) is 2.76. The number of carbonyl (C=O) groups is 1. The molecule has 0 fully saturated rings. The molecule has 2 rings (SSSR count). The molecule has 1 N–H and O–H groups in total. The van der Waals surface area contributed by atoms with Gasteiger partial charge in [0.05, 0.1) is 35.5 Å². The minimum atomic E-state index is -4.13. The molecule has 2 aromatic rings. The Morgan fingerprint density at radius 2 is 1.52 bits per heavy atom. The molecule has 0 atom stereocenters. The fourth-order valence-corrected chi connectivity index (χ4v) is 3.89. The van der Waals surface area contributed by atoms with Crippen molar-refractivity contribution in [1.82, 2.24) is 5.32 Å². The summed E-state index contributed by atoms with van der Waals surface area (Å²) in [6.07, 6.45) is 2.32. The van der Waals surface area contributed by atoms with Crippen LogP contribution >= 0.6 is 0 Å². The van der Waals surface area contributed by atoms with Gasteiger partial charge < -0.3 is 14.4 Å². The summed E-state index contributed by atoms with van der Waals surface area (Å²) in [6, 6.07) is 19.0. The van der Waals surface area contributed by atoms with Crippen LogP contribution in [0.5, 0.6) is 0 Å². The first kappa shape index (κ1) is 26.6. The second kappa shape index (κ2) is 13.7. The van der Waals surface area contributed by atoms with Crippen molar-refractivity contribution in [2.45, 2.75) is 32.6 Å². The second-order valence-electron chi connectivity index (χ2n) is 7.38. The van der Waals surface area contributed by atoms with Crippen LogP contribution in [-0.2, 0) is 27.2 Å². The van der Waals surface area contributed by atoms with Crippen LogP contribution in [0.2, 0.25) is 0 Å². The Labute approximate surface area is 186 Å². The van der Waals surface area contributed by atoms with Crippen molar-refractivity contribution in [2.24, 2.45) is 0 Å². The van der Waals surface area contributed by atoms with E-state index in [9.17, 15) is 17.8 Å². The number of nitrogens with zero attached hydrogens (tertiary/aromatic N) is 1. The first-order valence-electron chi connectivity index (χ1n) is 10.5. The minimum absolute atomic E-state index is 0.0841. The molecule has 0 aromatic heterocycles. The Balaban J connectivity index is 0.000000367. The first-order chi connectivity index (χ1) is 14.7. The van der Waals surface area contributed by atoms with Gasteiger partial charge in [0.25, 0.3) is 0 Å². The maximum atomic E-state index is 11.1. The lowest BCUT2D eigenvalue weighted by Crippen LogP contribution is -2.48. The molecule has 0 saturated carbocycles. The Hall–Kier alpha value is -2.48. The van der Waals surface area contributed by atoms with Crippen molar-refractivity contribution >= 4 is 16.0 Å². The van der Waals surface area contributed by atoms with Gasteiger partial charge in [0, 0.05) is 18.5 Å². The van der Waals surface area contributed by atoms with E-state index >= 15 is 0 Å². The van der Waals surface area contributed by atoms with E-state index in [1.54, 1.807) is 30.3 Å². The molecule has 0 aliphatic carbocycles. The van der Waals surface area contributed by atoms with Crippen LogP contribution in [0.15, 0.2) is 73.3 Å². The van der Waals surface area contributed by atoms with Crippen molar-refractivity contribution in [3.63, 3.8) is 0 Å². The first-order valence-corrected chi connectivity index (χ1v) is 12.1. The molecular formula is C24H34N2O4S. The van der Waals surface area contributed by atoms with Crippen LogP contribution in [0.25, 0.3) is 0 Å². The van der Waals surface area contributed by atoms with E-state index in [-0.39, 0.29) is 5.91 Å². The van der Waals surface area contributed by atoms with Gasteiger partial charge >= 0.3 is 0 Å². The van der Waals surface area contributed by atoms with E-state index in [1.165, 1.54) is 11.6 Å². The summed E-state index contributed by atoms with van der Waals surface area (Å²) in [4.78, 5) is 11.1. The number of amides is 1. The Kier molecular flexibility index (Phi) is 11.8. The summed E-state index contributed by atoms with van der Waals surface area (Å²) in [5, 5.41) is 2.85. The van der Waals surface area contributed by atoms with E-state index < -0.39 is 15.9 Å². The third kappa shape index (κ3) is 11.5. The predicted molar refractivity (Wildman–Crippen MR) is 124 cm³/mol. The molecule has 0 aliphatic heterocycles. The van der Waals surface area contributed by atoms with Crippen LogP contribution in [0, 0.1) is 0 Å². The molecule has 170 valence electrons. The van der Waals surface area contributed by atoms with Crippen LogP contribution < -0.4 is 5.32 Å². The molecule has 6 nitrogen and oxygen atoms in total. The highest BCUT2D eigenvalue weighted by Crippen LogP contribution is 2.15. The molecule has 0 aliphatic rings. The predicted octanol–water partition coefficient (Wildman–Crippen LogP) is 3.47. The van der Waals surface area contributed by atoms with E-state index in [4.69, 9.17) is 0 Å². The van der Waals surface area contributed by atoms with Gasteiger partial charge in [-0.1, -0.05) is 67.2 Å². The van der Waals surface area contributed by atoms with Crippen LogP contribution in [0.3, 0.4) is 0 Å². The zero-order chi connectivity index (χ0) is 23.2. The van der Waals surface area contributed by atoms with Gasteiger partial charge in [-0.25, -0.2) is 8.42 Å². The third-order valence-electron chi connectivity index (χ3n) is 5.18. The smallest absolute Gasteiger partial charge is 0.243 e. The Morgan fingerprint density at radius 1 is 1.00 bits per heavy atom. The van der Waals surface area contributed by atoms with E-state index in [2.05, 4.69) is 56.1 Å². The number of rotatable bonds is 11. The third-order valence-corrected chi connectivity index (χ3v) is 5.87. The quantitative estimate of drug-likeness (QED) is 0.248. The maximum absolute atomic E-state index is 11.1. The number of carbonyl (C=O) groups excluding carboxylic acids is 1. The molecule has 0 radical (unpaired) electrons. The lowest BCUT2D eigenvalue weighted by atomic mass is 10.1. The van der Waals surface area contributed by atoms with Gasteiger partial charge in [-0.3, -0.25) is 4.79 Å². The molecule has 2 aromatic carbocycles. The zero-order valence-corrected chi connectivity index (χ0v) is 19.3. The van der Waals surface area contributed by atoms with Crippen LogP contribution in [0.4, 0.5) is 0 Å². The molecule has 0 unspecified atom stereocenters. The van der Waals surface area contributed by atoms with Crippen molar-refractivity contribution in [3.05, 3.63) is 84.4 Å². The van der Waals surface area contributed by atoms with Crippen molar-refractivity contribution in [1.29, 1.82) is 0 Å². The van der Waals surface area contributed by atoms with Crippen LogP contribution in [-0.4, -0.2) is 49.5 Å². The summed E-state index contributed by atoms with van der Waals surface area (Å²) >= 11 is 0. The fourth-order valence-electron chi connectivity index (χ4n) is 3.29. The highest BCUT2D eigenvalue weighted by molar-refractivity contribution is 7.84. The standard InChI is InChI=1S/C17H26N2O.C7H8O3S/c1-4-17(20)18-13-10-14-19(5-2,6-3)15-16-11-8-7-9-12-16;8-11(9,10)6-7-4-2-1-3-5-7/h4,7-9,11-12H,1,5-6,10,13-15H2,2-3H3;1-5H,6H2,(H,8,9,10). The Morgan fingerprint density at radius 3 is 1.97 bits per heavy atom. The highest BCUT2D eigenvalue weighted by Gasteiger charge is 2.23. The van der Waals surface area contributed by atoms with E-state index in [0.29, 0.717) is 5.56 Å². The van der Waals surface area contributed by atoms with Gasteiger partial charge in [0.15, 0.2) is 0 Å². The van der Waals surface area contributed by atoms with Gasteiger partial charge in [-0.2, -0.15) is 0 Å². The molecule has 31 heavy (non-hydrogen) atoms. The highest BCUT2D eigenvalue weighted by atomic mass is 32.2. The number of benzene rings is 2. The lowest BCUT2D eigenvalue weighted by Gasteiger charge is -2.37. The zero-order valence-electron chi connectivity index (χ0n) is 18.5. The molecular weight excluding hydrogens is 412 g/mol. The number of nitrogens with one attached hydrogen (secondary N) is 1. The van der Waals surface area contributed by atoms with Crippen molar-refractivity contribution in [3.8, 4) is 0 Å². The summed E-state index contributed by atoms with van der Waals surface area (Å²) in [7, 11) is -4.13. The van der Waals surface area contributed by atoms with Gasteiger partial charge in [0.2, 0.25) is 5.91 Å². The summed E-state index contributed by atoms with van der Waals surface area (Å²) in [5.41, 5.74) is 1.91. The number of hydrogen-bond donors (Lipinski definition) is 1. The van der Waals surface area contributed by atoms with Crippen molar-refractivity contribution < 1.29 is 22.2 Å². The lowest BCUT2D eigenvalue weighted by molar-refractivity contribution is -0.937. The summed E-state index contributed by atoms with van der Waals surface area (Å²) in [5.74, 6) is -0.507. The van der Waals surface area contributed by atoms with Gasteiger partial charge in [0.1, 0.15) is 6.54 Å². The molecule has 0 spiro atoms.